The molecule has 0 unspecified atom stereocenters. The van der Waals surface area contributed by atoms with Gasteiger partial charge in [0.1, 0.15) is 5.75 Å². The van der Waals surface area contributed by atoms with Gasteiger partial charge in [-0.25, -0.2) is 4.79 Å². The van der Waals surface area contributed by atoms with E-state index in [1.165, 1.54) is 11.8 Å². The van der Waals surface area contributed by atoms with Gasteiger partial charge in [0.25, 0.3) is 5.91 Å². The Morgan fingerprint density at radius 1 is 1.18 bits per heavy atom. The predicted octanol–water partition coefficient (Wildman–Crippen LogP) is 2.89. The summed E-state index contributed by atoms with van der Waals surface area (Å²) in [5, 5.41) is 7.12. The molecule has 0 spiro atoms. The van der Waals surface area contributed by atoms with Crippen LogP contribution in [0.5, 0.6) is 5.75 Å². The van der Waals surface area contributed by atoms with Gasteiger partial charge in [-0.3, -0.25) is 9.69 Å². The zero-order valence-electron chi connectivity index (χ0n) is 18.0. The molecule has 1 aromatic carbocycles. The highest BCUT2D eigenvalue weighted by Crippen LogP contribution is 2.26. The van der Waals surface area contributed by atoms with Gasteiger partial charge in [0.05, 0.1) is 26.1 Å². The zero-order chi connectivity index (χ0) is 24.0. The molecule has 0 bridgehead atoms. The van der Waals surface area contributed by atoms with Crippen LogP contribution in [0.2, 0.25) is 0 Å². The first-order valence-corrected chi connectivity index (χ1v) is 10.3. The van der Waals surface area contributed by atoms with Crippen molar-refractivity contribution in [1.29, 1.82) is 0 Å². The molecule has 8 nitrogen and oxygen atoms in total. The molecule has 0 saturated carbocycles. The van der Waals surface area contributed by atoms with E-state index in [0.717, 1.165) is 25.4 Å². The molecule has 2 aliphatic heterocycles. The van der Waals surface area contributed by atoms with Crippen LogP contribution in [0.4, 0.5) is 13.2 Å². The summed E-state index contributed by atoms with van der Waals surface area (Å²) in [4.78, 5) is 25.7. The quantitative estimate of drug-likeness (QED) is 0.735. The summed E-state index contributed by atoms with van der Waals surface area (Å²) in [6.07, 6.45) is -3.37. The number of nitrogens with zero attached hydrogens (tertiary/aromatic N) is 2. The van der Waals surface area contributed by atoms with E-state index in [1.54, 1.807) is 19.2 Å². The second-order valence-electron chi connectivity index (χ2n) is 7.75. The number of carbonyl (C=O) groups excluding carboxylic acids is 1. The van der Waals surface area contributed by atoms with Gasteiger partial charge in [0, 0.05) is 38.6 Å². The molecule has 1 N–H and O–H groups in total. The first-order chi connectivity index (χ1) is 15.7. The molecule has 33 heavy (non-hydrogen) atoms. The van der Waals surface area contributed by atoms with Crippen molar-refractivity contribution in [1.82, 2.24) is 9.80 Å². The number of fused-ring (bicyclic) bond motifs is 1. The van der Waals surface area contributed by atoms with Crippen LogP contribution in [-0.2, 0) is 16.1 Å². The van der Waals surface area contributed by atoms with Crippen molar-refractivity contribution in [2.45, 2.75) is 18.8 Å². The van der Waals surface area contributed by atoms with Gasteiger partial charge in [-0.15, -0.1) is 0 Å². The van der Waals surface area contributed by atoms with E-state index in [0.29, 0.717) is 31.4 Å². The minimum Gasteiger partial charge on any atom is -0.497 e. The van der Waals surface area contributed by atoms with Crippen LogP contribution in [0.3, 0.4) is 0 Å². The van der Waals surface area contributed by atoms with Gasteiger partial charge in [0.2, 0.25) is 0 Å². The Balaban J connectivity index is 0.000000383. The lowest BCUT2D eigenvalue weighted by molar-refractivity contribution is -0.192. The molecule has 180 valence electrons. The molecule has 2 atom stereocenters. The fraction of sp³-hybridized carbons (Fsp3) is 0.455. The molecule has 2 saturated heterocycles. The Bertz CT molecular complexity index is 934. The van der Waals surface area contributed by atoms with Crippen LogP contribution >= 0.6 is 0 Å². The summed E-state index contributed by atoms with van der Waals surface area (Å²) in [7, 11) is 1.69. The Morgan fingerprint density at radius 2 is 1.94 bits per heavy atom. The number of benzene rings is 1. The van der Waals surface area contributed by atoms with Crippen molar-refractivity contribution in [3.8, 4) is 5.75 Å². The van der Waals surface area contributed by atoms with Gasteiger partial charge < -0.3 is 23.9 Å². The van der Waals surface area contributed by atoms with Crippen LogP contribution < -0.4 is 4.74 Å². The molecule has 2 aromatic rings. The average Bonchev–Trinajstić information content (AvgIpc) is 3.39. The van der Waals surface area contributed by atoms with E-state index in [-0.39, 0.29) is 12.0 Å². The van der Waals surface area contributed by atoms with Gasteiger partial charge in [-0.2, -0.15) is 13.2 Å². The van der Waals surface area contributed by atoms with Crippen LogP contribution in [0.1, 0.15) is 16.1 Å². The first kappa shape index (κ1) is 24.6. The van der Waals surface area contributed by atoms with Crippen molar-refractivity contribution in [3.63, 3.8) is 0 Å². The molecule has 2 fully saturated rings. The molecule has 11 heteroatoms. The van der Waals surface area contributed by atoms with Crippen molar-refractivity contribution in [2.75, 3.05) is 39.9 Å². The van der Waals surface area contributed by atoms with Crippen LogP contribution in [0.25, 0.3) is 0 Å². The summed E-state index contributed by atoms with van der Waals surface area (Å²) < 4.78 is 48.4. The SMILES string of the molecule is COc1cccc(CN2C[C@@H]3CN(C(=O)c4ccco4)CCO[C@@H]3C2)c1.O=C(O)C(F)(F)F. The topological polar surface area (TPSA) is 92.5 Å². The van der Waals surface area contributed by atoms with Crippen LogP contribution in [-0.4, -0.2) is 79.0 Å². The lowest BCUT2D eigenvalue weighted by Gasteiger charge is -2.23. The highest BCUT2D eigenvalue weighted by Gasteiger charge is 2.39. The number of furan rings is 1. The lowest BCUT2D eigenvalue weighted by Crippen LogP contribution is -2.37. The fourth-order valence-corrected chi connectivity index (χ4v) is 3.88. The smallest absolute Gasteiger partial charge is 0.490 e. The third kappa shape index (κ3) is 6.72. The number of amides is 1. The molecular formula is C22H25F3N2O6. The molecule has 0 aliphatic carbocycles. The van der Waals surface area contributed by atoms with E-state index in [2.05, 4.69) is 17.0 Å². The molecule has 2 aliphatic rings. The molecular weight excluding hydrogens is 445 g/mol. The summed E-state index contributed by atoms with van der Waals surface area (Å²) in [5.74, 6) is -1.21. The normalized spacial score (nSPS) is 20.9. The molecule has 1 amide bonds. The number of carboxylic acids is 1. The monoisotopic (exact) mass is 470 g/mol. The third-order valence-corrected chi connectivity index (χ3v) is 5.41. The van der Waals surface area contributed by atoms with Crippen molar-refractivity contribution in [2.24, 2.45) is 5.92 Å². The number of ether oxygens (including phenoxy) is 2. The second-order valence-corrected chi connectivity index (χ2v) is 7.75. The number of rotatable bonds is 4. The lowest BCUT2D eigenvalue weighted by atomic mass is 10.1. The maximum atomic E-state index is 12.6. The number of likely N-dealkylation sites (tertiary alicyclic amines) is 1. The van der Waals surface area contributed by atoms with Gasteiger partial charge in [-0.1, -0.05) is 12.1 Å². The van der Waals surface area contributed by atoms with Crippen LogP contribution in [0.15, 0.2) is 47.1 Å². The predicted molar refractivity (Wildman–Crippen MR) is 110 cm³/mol. The minimum atomic E-state index is -5.08. The van der Waals surface area contributed by atoms with Gasteiger partial charge >= 0.3 is 12.1 Å². The minimum absolute atomic E-state index is 0.0505. The summed E-state index contributed by atoms with van der Waals surface area (Å²) in [5.41, 5.74) is 1.23. The van der Waals surface area contributed by atoms with Crippen molar-refractivity contribution in [3.05, 3.63) is 54.0 Å². The number of carboxylic acid groups (broad SMARTS) is 1. The second kappa shape index (κ2) is 10.7. The maximum Gasteiger partial charge on any atom is 0.490 e. The fourth-order valence-electron chi connectivity index (χ4n) is 3.88. The number of hydrogen-bond acceptors (Lipinski definition) is 6. The average molecular weight is 470 g/mol. The molecule has 0 radical (unpaired) electrons. The van der Waals surface area contributed by atoms with Gasteiger partial charge in [0.15, 0.2) is 5.76 Å². The van der Waals surface area contributed by atoms with E-state index in [9.17, 15) is 18.0 Å². The Hall–Kier alpha value is -3.05. The molecule has 3 heterocycles. The Kier molecular flexibility index (Phi) is 7.98. The summed E-state index contributed by atoms with van der Waals surface area (Å²) in [6, 6.07) is 11.6. The zero-order valence-corrected chi connectivity index (χ0v) is 18.0. The van der Waals surface area contributed by atoms with Gasteiger partial charge in [-0.05, 0) is 29.8 Å². The number of aliphatic carboxylic acids is 1. The summed E-state index contributed by atoms with van der Waals surface area (Å²) >= 11 is 0. The largest absolute Gasteiger partial charge is 0.497 e. The van der Waals surface area contributed by atoms with E-state index in [1.807, 2.05) is 17.0 Å². The number of alkyl halides is 3. The van der Waals surface area contributed by atoms with Crippen LogP contribution in [0, 0.1) is 5.92 Å². The number of carbonyl (C=O) groups is 2. The highest BCUT2D eigenvalue weighted by molar-refractivity contribution is 5.91. The number of hydrogen-bond donors (Lipinski definition) is 1. The molecule has 4 rings (SSSR count). The third-order valence-electron chi connectivity index (χ3n) is 5.41. The standard InChI is InChI=1S/C20H24N2O4.C2HF3O2/c1-24-17-5-2-4-15(10-17)11-21-12-16-13-22(7-9-26-19(16)14-21)20(23)18-6-3-8-25-18;3-2(4,5)1(6)7/h2-6,8,10,16,19H,7,9,11-14H2,1H3;(H,6,7)/t16-,19-;/m1./s1. The van der Waals surface area contributed by atoms with E-state index < -0.39 is 12.1 Å². The van der Waals surface area contributed by atoms with Crippen molar-refractivity contribution >= 4 is 11.9 Å². The number of halogens is 3. The first-order valence-electron chi connectivity index (χ1n) is 10.3. The molecule has 1 aromatic heterocycles. The Morgan fingerprint density at radius 3 is 2.58 bits per heavy atom. The van der Waals surface area contributed by atoms with Crippen molar-refractivity contribution < 1.29 is 41.8 Å². The Labute approximate surface area is 188 Å². The van der Waals surface area contributed by atoms with E-state index in [4.69, 9.17) is 23.8 Å². The number of methoxy groups -OCH3 is 1. The van der Waals surface area contributed by atoms with E-state index >= 15 is 0 Å². The highest BCUT2D eigenvalue weighted by atomic mass is 19.4. The maximum absolute atomic E-state index is 12.6. The summed E-state index contributed by atoms with van der Waals surface area (Å²) in [6.45, 7) is 4.57.